The van der Waals surface area contributed by atoms with Gasteiger partial charge in [0.2, 0.25) is 15.9 Å². The molecular weight excluding hydrogens is 522 g/mol. The zero-order valence-corrected chi connectivity index (χ0v) is 21.4. The Morgan fingerprint density at radius 3 is 2.39 bits per heavy atom. The van der Waals surface area contributed by atoms with Crippen molar-refractivity contribution < 1.29 is 13.2 Å². The van der Waals surface area contributed by atoms with Crippen LogP contribution >= 0.6 is 58.2 Å². The Kier molecular flexibility index (Phi) is 10.6. The van der Waals surface area contributed by atoms with Gasteiger partial charge in [0, 0.05) is 46.1 Å². The first-order valence-electron chi connectivity index (χ1n) is 9.29. The predicted octanol–water partition coefficient (Wildman–Crippen LogP) is 5.90. The molecule has 0 saturated carbocycles. The number of nitrogens with one attached hydrogen (secondary N) is 1. The Labute approximate surface area is 207 Å². The van der Waals surface area contributed by atoms with Crippen molar-refractivity contribution in [3.63, 3.8) is 0 Å². The molecule has 0 aromatic heterocycles. The van der Waals surface area contributed by atoms with Crippen LogP contribution in [-0.4, -0.2) is 39.4 Å². The monoisotopic (exact) mass is 542 g/mol. The van der Waals surface area contributed by atoms with E-state index in [1.54, 1.807) is 36.0 Å². The highest BCUT2D eigenvalue weighted by atomic mass is 35.5. The van der Waals surface area contributed by atoms with E-state index in [0.717, 1.165) is 23.3 Å². The van der Waals surface area contributed by atoms with Gasteiger partial charge in [-0.25, -0.2) is 8.42 Å². The molecule has 0 aliphatic carbocycles. The SMILES string of the molecule is CS(=O)(=O)N(CCCC(=O)NCCSCc1ccc(Cl)cc1Cl)c1cc(Cl)ccc1Cl. The lowest BCUT2D eigenvalue weighted by molar-refractivity contribution is -0.121. The summed E-state index contributed by atoms with van der Waals surface area (Å²) in [4.78, 5) is 12.1. The van der Waals surface area contributed by atoms with Gasteiger partial charge < -0.3 is 5.32 Å². The molecule has 2 aromatic rings. The number of rotatable bonds is 11. The fraction of sp³-hybridized carbons (Fsp3) is 0.350. The third kappa shape index (κ3) is 8.91. The van der Waals surface area contributed by atoms with Crippen molar-refractivity contribution in [3.05, 3.63) is 62.1 Å². The maximum atomic E-state index is 12.2. The number of halogens is 4. The third-order valence-corrected chi connectivity index (χ3v) is 7.51. The third-order valence-electron chi connectivity index (χ3n) is 4.18. The maximum Gasteiger partial charge on any atom is 0.232 e. The largest absolute Gasteiger partial charge is 0.355 e. The summed E-state index contributed by atoms with van der Waals surface area (Å²) in [5.74, 6) is 1.30. The van der Waals surface area contributed by atoms with Crippen LogP contribution < -0.4 is 9.62 Å². The zero-order valence-electron chi connectivity index (χ0n) is 16.7. The number of hydrogen-bond acceptors (Lipinski definition) is 4. The number of amides is 1. The van der Waals surface area contributed by atoms with Crippen molar-refractivity contribution in [1.82, 2.24) is 5.32 Å². The number of anilines is 1. The minimum Gasteiger partial charge on any atom is -0.355 e. The Morgan fingerprint density at radius 2 is 1.71 bits per heavy atom. The summed E-state index contributed by atoms with van der Waals surface area (Å²) in [7, 11) is -3.58. The molecule has 0 aliphatic rings. The van der Waals surface area contributed by atoms with Crippen molar-refractivity contribution in [2.24, 2.45) is 0 Å². The van der Waals surface area contributed by atoms with Gasteiger partial charge in [0.1, 0.15) is 0 Å². The molecule has 0 bridgehead atoms. The molecule has 170 valence electrons. The van der Waals surface area contributed by atoms with E-state index in [9.17, 15) is 13.2 Å². The van der Waals surface area contributed by atoms with E-state index in [1.807, 2.05) is 6.07 Å². The van der Waals surface area contributed by atoms with Gasteiger partial charge in [0.25, 0.3) is 0 Å². The molecule has 1 amide bonds. The molecule has 0 aliphatic heterocycles. The van der Waals surface area contributed by atoms with Crippen molar-refractivity contribution in [2.45, 2.75) is 18.6 Å². The summed E-state index contributed by atoms with van der Waals surface area (Å²) in [6.07, 6.45) is 1.63. The quantitative estimate of drug-likeness (QED) is 0.358. The topological polar surface area (TPSA) is 66.5 Å². The number of thioether (sulfide) groups is 1. The highest BCUT2D eigenvalue weighted by molar-refractivity contribution is 7.98. The molecule has 0 unspecified atom stereocenters. The van der Waals surface area contributed by atoms with Crippen LogP contribution in [0.1, 0.15) is 18.4 Å². The van der Waals surface area contributed by atoms with E-state index in [-0.39, 0.29) is 23.9 Å². The van der Waals surface area contributed by atoms with Crippen LogP contribution in [-0.2, 0) is 20.6 Å². The molecule has 2 rings (SSSR count). The lowest BCUT2D eigenvalue weighted by Crippen LogP contribution is -2.32. The molecule has 31 heavy (non-hydrogen) atoms. The molecule has 2 aromatic carbocycles. The molecule has 11 heteroatoms. The lowest BCUT2D eigenvalue weighted by Gasteiger charge is -2.23. The number of benzene rings is 2. The number of sulfonamides is 1. The zero-order chi connectivity index (χ0) is 23.0. The van der Waals surface area contributed by atoms with E-state index in [1.165, 1.54) is 10.4 Å². The standard InChI is InChI=1S/C20H22Cl4N2O3S2/c1-31(28,29)26(19-12-16(22)6-7-17(19)23)9-2-3-20(27)25-8-10-30-13-14-4-5-15(21)11-18(14)24/h4-7,11-12H,2-3,8-10,13H2,1H3,(H,25,27). The highest BCUT2D eigenvalue weighted by Crippen LogP contribution is 2.31. The molecule has 0 spiro atoms. The van der Waals surface area contributed by atoms with Crippen molar-refractivity contribution in [1.29, 1.82) is 0 Å². The summed E-state index contributed by atoms with van der Waals surface area (Å²) in [6.45, 7) is 0.626. The van der Waals surface area contributed by atoms with Crippen LogP contribution in [0.5, 0.6) is 0 Å². The molecule has 5 nitrogen and oxygen atoms in total. The first-order chi connectivity index (χ1) is 14.6. The average Bonchev–Trinajstić information content (AvgIpc) is 2.67. The second-order valence-electron chi connectivity index (χ2n) is 6.67. The minimum atomic E-state index is -3.58. The lowest BCUT2D eigenvalue weighted by atomic mass is 10.2. The Morgan fingerprint density at radius 1 is 1.03 bits per heavy atom. The molecule has 0 fully saturated rings. The minimum absolute atomic E-state index is 0.121. The van der Waals surface area contributed by atoms with Crippen LogP contribution in [0.2, 0.25) is 20.1 Å². The van der Waals surface area contributed by atoms with Crippen molar-refractivity contribution in [3.8, 4) is 0 Å². The van der Waals surface area contributed by atoms with Gasteiger partial charge in [-0.1, -0.05) is 52.5 Å². The van der Waals surface area contributed by atoms with Gasteiger partial charge in [-0.2, -0.15) is 11.8 Å². The fourth-order valence-electron chi connectivity index (χ4n) is 2.70. The molecule has 0 saturated heterocycles. The number of hydrogen-bond donors (Lipinski definition) is 1. The number of nitrogens with zero attached hydrogens (tertiary/aromatic N) is 1. The molecule has 0 atom stereocenters. The second-order valence-corrected chi connectivity index (χ2v) is 11.4. The molecular formula is C20H22Cl4N2O3S2. The van der Waals surface area contributed by atoms with Gasteiger partial charge in [-0.15, -0.1) is 0 Å². The van der Waals surface area contributed by atoms with E-state index in [4.69, 9.17) is 46.4 Å². The van der Waals surface area contributed by atoms with Gasteiger partial charge >= 0.3 is 0 Å². The van der Waals surface area contributed by atoms with Crippen LogP contribution in [0.15, 0.2) is 36.4 Å². The first-order valence-corrected chi connectivity index (χ1v) is 13.8. The predicted molar refractivity (Wildman–Crippen MR) is 134 cm³/mol. The average molecular weight is 544 g/mol. The summed E-state index contributed by atoms with van der Waals surface area (Å²) in [6, 6.07) is 10.0. The first kappa shape index (κ1) is 26.4. The van der Waals surface area contributed by atoms with Gasteiger partial charge in [0.05, 0.1) is 17.0 Å². The number of carbonyl (C=O) groups is 1. The van der Waals surface area contributed by atoms with Gasteiger partial charge in [0.15, 0.2) is 0 Å². The normalized spacial score (nSPS) is 11.4. The van der Waals surface area contributed by atoms with Crippen molar-refractivity contribution >= 4 is 79.8 Å². The highest BCUT2D eigenvalue weighted by Gasteiger charge is 2.20. The number of carbonyl (C=O) groups excluding carboxylic acids is 1. The second kappa shape index (κ2) is 12.4. The van der Waals surface area contributed by atoms with E-state index >= 15 is 0 Å². The van der Waals surface area contributed by atoms with Gasteiger partial charge in [-0.05, 0) is 42.3 Å². The van der Waals surface area contributed by atoms with Crippen LogP contribution in [0.4, 0.5) is 5.69 Å². The molecule has 0 heterocycles. The summed E-state index contributed by atoms with van der Waals surface area (Å²) >= 11 is 25.8. The van der Waals surface area contributed by atoms with Gasteiger partial charge in [-0.3, -0.25) is 9.10 Å². The maximum absolute atomic E-state index is 12.2. The Balaban J connectivity index is 1.75. The fourth-order valence-corrected chi connectivity index (χ4v) is 5.52. The summed E-state index contributed by atoms with van der Waals surface area (Å²) < 4.78 is 25.5. The van der Waals surface area contributed by atoms with Crippen molar-refractivity contribution in [2.75, 3.05) is 29.4 Å². The van der Waals surface area contributed by atoms with Crippen LogP contribution in [0.3, 0.4) is 0 Å². The Hall–Kier alpha value is -0.830. The smallest absolute Gasteiger partial charge is 0.232 e. The molecule has 1 N–H and O–H groups in total. The molecule has 0 radical (unpaired) electrons. The van der Waals surface area contributed by atoms with Crippen LogP contribution in [0, 0.1) is 0 Å². The summed E-state index contributed by atoms with van der Waals surface area (Å²) in [5.41, 5.74) is 1.29. The Bertz CT molecular complexity index is 1020. The summed E-state index contributed by atoms with van der Waals surface area (Å²) in [5, 5.41) is 4.71. The van der Waals surface area contributed by atoms with E-state index < -0.39 is 10.0 Å². The van der Waals surface area contributed by atoms with E-state index in [2.05, 4.69) is 5.32 Å². The van der Waals surface area contributed by atoms with Crippen LogP contribution in [0.25, 0.3) is 0 Å². The van der Waals surface area contributed by atoms with E-state index in [0.29, 0.717) is 33.7 Å².